The van der Waals surface area contributed by atoms with Gasteiger partial charge in [-0.05, 0) is 31.0 Å². The summed E-state index contributed by atoms with van der Waals surface area (Å²) in [6.45, 7) is -0.457. The van der Waals surface area contributed by atoms with Crippen molar-refractivity contribution in [1.29, 1.82) is 0 Å². The predicted molar refractivity (Wildman–Crippen MR) is 108 cm³/mol. The van der Waals surface area contributed by atoms with E-state index in [1.54, 1.807) is 30.0 Å². The Morgan fingerprint density at radius 2 is 2.14 bits per heavy atom. The summed E-state index contributed by atoms with van der Waals surface area (Å²) in [6, 6.07) is 4.30. The van der Waals surface area contributed by atoms with E-state index in [9.17, 15) is 13.9 Å². The van der Waals surface area contributed by atoms with Gasteiger partial charge in [0.25, 0.3) is 0 Å². The molecule has 1 aliphatic heterocycles. The van der Waals surface area contributed by atoms with Gasteiger partial charge in [0.1, 0.15) is 0 Å². The van der Waals surface area contributed by atoms with Crippen molar-refractivity contribution >= 4 is 35.0 Å². The fourth-order valence-electron chi connectivity index (χ4n) is 3.07. The number of alkyl halides is 2. The monoisotopic (exact) mass is 447 g/mol. The molecule has 0 bridgehead atoms. The highest BCUT2D eigenvalue weighted by Gasteiger charge is 2.27. The SMILES string of the molecule is C[C@@H](Nc1nc(N2CC[C@H](N)[C@@H](O)C2)ncc1OC(F)F)c1ccc(Cl)cc1Cl. The lowest BCUT2D eigenvalue weighted by atomic mass is 10.0. The van der Waals surface area contributed by atoms with Crippen LogP contribution in [0.25, 0.3) is 0 Å². The number of aromatic nitrogens is 2. The summed E-state index contributed by atoms with van der Waals surface area (Å²) >= 11 is 12.2. The number of ether oxygens (including phenoxy) is 1. The lowest BCUT2D eigenvalue weighted by Gasteiger charge is -2.34. The van der Waals surface area contributed by atoms with Crippen LogP contribution in [0.5, 0.6) is 5.75 Å². The summed E-state index contributed by atoms with van der Waals surface area (Å²) in [7, 11) is 0. The Labute approximate surface area is 176 Å². The first-order valence-corrected chi connectivity index (χ1v) is 9.72. The summed E-state index contributed by atoms with van der Waals surface area (Å²) in [4.78, 5) is 10.2. The van der Waals surface area contributed by atoms with Crippen LogP contribution in [0.15, 0.2) is 24.4 Å². The number of nitrogens with zero attached hydrogens (tertiary/aromatic N) is 3. The van der Waals surface area contributed by atoms with Gasteiger partial charge in [-0.2, -0.15) is 13.8 Å². The number of aliphatic hydroxyl groups is 1. The standard InChI is InChI=1S/C18H21Cl2F2N5O2/c1-9(11-3-2-10(19)6-12(11)20)25-16-15(29-17(21)22)7-24-18(26-16)27-5-4-13(23)14(28)8-27/h2-3,6-7,9,13-14,17,28H,4-5,8,23H2,1H3,(H,24,25,26)/t9-,13+,14+/m1/s1. The van der Waals surface area contributed by atoms with Crippen molar-refractivity contribution in [1.82, 2.24) is 9.97 Å². The average Bonchev–Trinajstić information content (AvgIpc) is 2.65. The van der Waals surface area contributed by atoms with Crippen LogP contribution in [0, 0.1) is 0 Å². The molecule has 1 aromatic heterocycles. The van der Waals surface area contributed by atoms with Gasteiger partial charge < -0.3 is 25.8 Å². The van der Waals surface area contributed by atoms with E-state index in [4.69, 9.17) is 28.9 Å². The highest BCUT2D eigenvalue weighted by Crippen LogP contribution is 2.32. The highest BCUT2D eigenvalue weighted by molar-refractivity contribution is 6.35. The quantitative estimate of drug-likeness (QED) is 0.623. The molecule has 29 heavy (non-hydrogen) atoms. The Kier molecular flexibility index (Phi) is 6.94. The van der Waals surface area contributed by atoms with E-state index in [1.165, 1.54) is 6.20 Å². The van der Waals surface area contributed by atoms with Crippen LogP contribution in [0.1, 0.15) is 24.9 Å². The minimum absolute atomic E-state index is 0.0816. The molecular weight excluding hydrogens is 427 g/mol. The van der Waals surface area contributed by atoms with E-state index in [0.29, 0.717) is 28.6 Å². The third-order valence-corrected chi connectivity index (χ3v) is 5.22. The molecule has 4 N–H and O–H groups in total. The summed E-state index contributed by atoms with van der Waals surface area (Å²) in [6.07, 6.45) is 1.00. The highest BCUT2D eigenvalue weighted by atomic mass is 35.5. The summed E-state index contributed by atoms with van der Waals surface area (Å²) in [5.41, 5.74) is 6.53. The second-order valence-electron chi connectivity index (χ2n) is 6.76. The summed E-state index contributed by atoms with van der Waals surface area (Å²) in [5, 5.41) is 14.0. The van der Waals surface area contributed by atoms with Crippen molar-refractivity contribution in [2.24, 2.45) is 5.73 Å². The van der Waals surface area contributed by atoms with Crippen LogP contribution in [0.2, 0.25) is 10.0 Å². The van der Waals surface area contributed by atoms with Gasteiger partial charge in [-0.3, -0.25) is 0 Å². The number of rotatable bonds is 6. The normalized spacial score (nSPS) is 20.6. The predicted octanol–water partition coefficient (Wildman–Crippen LogP) is 3.46. The lowest BCUT2D eigenvalue weighted by Crippen LogP contribution is -2.51. The van der Waals surface area contributed by atoms with Crippen molar-refractivity contribution in [3.05, 3.63) is 40.0 Å². The molecule has 0 aliphatic carbocycles. The topological polar surface area (TPSA) is 96.5 Å². The van der Waals surface area contributed by atoms with Crippen molar-refractivity contribution < 1.29 is 18.6 Å². The van der Waals surface area contributed by atoms with E-state index in [2.05, 4.69) is 20.0 Å². The number of nitrogens with one attached hydrogen (secondary N) is 1. The number of piperidine rings is 1. The first-order chi connectivity index (χ1) is 13.7. The van der Waals surface area contributed by atoms with Crippen LogP contribution < -0.4 is 20.7 Å². The third-order valence-electron chi connectivity index (χ3n) is 4.66. The number of benzene rings is 1. The van der Waals surface area contributed by atoms with Gasteiger partial charge in [0.2, 0.25) is 5.95 Å². The largest absolute Gasteiger partial charge is 0.429 e. The molecule has 3 atom stereocenters. The van der Waals surface area contributed by atoms with E-state index in [1.807, 2.05) is 0 Å². The third kappa shape index (κ3) is 5.36. The molecule has 0 amide bonds. The van der Waals surface area contributed by atoms with Gasteiger partial charge in [-0.15, -0.1) is 0 Å². The van der Waals surface area contributed by atoms with Crippen LogP contribution in [0.4, 0.5) is 20.5 Å². The molecule has 2 aromatic rings. The number of β-amino-alcohol motifs (C(OH)–C–C–N with tert-alkyl or cyclic N) is 1. The molecule has 3 rings (SSSR count). The van der Waals surface area contributed by atoms with Gasteiger partial charge in [-0.1, -0.05) is 29.3 Å². The van der Waals surface area contributed by atoms with E-state index >= 15 is 0 Å². The zero-order chi connectivity index (χ0) is 21.1. The molecule has 1 aromatic carbocycles. The van der Waals surface area contributed by atoms with Crippen molar-refractivity contribution in [3.8, 4) is 5.75 Å². The minimum Gasteiger partial charge on any atom is -0.429 e. The molecule has 0 unspecified atom stereocenters. The maximum atomic E-state index is 12.8. The fraction of sp³-hybridized carbons (Fsp3) is 0.444. The van der Waals surface area contributed by atoms with Crippen molar-refractivity contribution in [2.75, 3.05) is 23.3 Å². The Bertz CT molecular complexity index is 861. The van der Waals surface area contributed by atoms with Crippen LogP contribution in [-0.2, 0) is 0 Å². The Balaban J connectivity index is 1.87. The molecule has 0 spiro atoms. The Morgan fingerprint density at radius 1 is 1.38 bits per heavy atom. The van der Waals surface area contributed by atoms with E-state index < -0.39 is 12.7 Å². The molecule has 1 fully saturated rings. The molecular formula is C18H21Cl2F2N5O2. The van der Waals surface area contributed by atoms with E-state index in [0.717, 1.165) is 0 Å². The number of halogens is 4. The number of aliphatic hydroxyl groups excluding tert-OH is 1. The average molecular weight is 448 g/mol. The number of hydrogen-bond acceptors (Lipinski definition) is 7. The van der Waals surface area contributed by atoms with Crippen molar-refractivity contribution in [2.45, 2.75) is 38.1 Å². The van der Waals surface area contributed by atoms with Gasteiger partial charge in [-0.25, -0.2) is 4.98 Å². The second kappa shape index (κ2) is 9.25. The first kappa shape index (κ1) is 21.8. The number of hydrogen-bond donors (Lipinski definition) is 3. The van der Waals surface area contributed by atoms with Crippen molar-refractivity contribution in [3.63, 3.8) is 0 Å². The number of nitrogens with two attached hydrogens (primary N) is 1. The molecule has 158 valence electrons. The lowest BCUT2D eigenvalue weighted by molar-refractivity contribution is -0.0498. The maximum Gasteiger partial charge on any atom is 0.387 e. The summed E-state index contributed by atoms with van der Waals surface area (Å²) in [5.74, 6) is 0.155. The van der Waals surface area contributed by atoms with Crippen LogP contribution >= 0.6 is 23.2 Å². The van der Waals surface area contributed by atoms with Gasteiger partial charge in [0, 0.05) is 29.2 Å². The van der Waals surface area contributed by atoms with Crippen LogP contribution in [0.3, 0.4) is 0 Å². The zero-order valence-corrected chi connectivity index (χ0v) is 17.0. The minimum atomic E-state index is -3.03. The molecule has 7 nitrogen and oxygen atoms in total. The smallest absolute Gasteiger partial charge is 0.387 e. The second-order valence-corrected chi connectivity index (χ2v) is 7.60. The molecule has 2 heterocycles. The Hall–Kier alpha value is -1.94. The molecule has 11 heteroatoms. The molecule has 1 aliphatic rings. The fourth-order valence-corrected chi connectivity index (χ4v) is 3.64. The summed E-state index contributed by atoms with van der Waals surface area (Å²) < 4.78 is 30.2. The molecule has 1 saturated heterocycles. The first-order valence-electron chi connectivity index (χ1n) is 8.96. The molecule has 0 saturated carbocycles. The van der Waals surface area contributed by atoms with Gasteiger partial charge in [0.05, 0.1) is 18.3 Å². The zero-order valence-electron chi connectivity index (χ0n) is 15.5. The van der Waals surface area contributed by atoms with E-state index in [-0.39, 0.29) is 36.1 Å². The molecule has 0 radical (unpaired) electrons. The Morgan fingerprint density at radius 3 is 2.79 bits per heavy atom. The van der Waals surface area contributed by atoms with Crippen LogP contribution in [-0.4, -0.2) is 46.9 Å². The van der Waals surface area contributed by atoms with Gasteiger partial charge >= 0.3 is 6.61 Å². The maximum absolute atomic E-state index is 12.8. The van der Waals surface area contributed by atoms with Gasteiger partial charge in [0.15, 0.2) is 11.6 Å². The number of anilines is 2.